The summed E-state index contributed by atoms with van der Waals surface area (Å²) in [6.07, 6.45) is 0.968. The third-order valence-electron chi connectivity index (χ3n) is 5.49. The minimum absolute atomic E-state index is 0.0320. The first-order valence-corrected chi connectivity index (χ1v) is 9.14. The Hall–Kier alpha value is -3.90. The predicted octanol–water partition coefficient (Wildman–Crippen LogP) is 2.85. The van der Waals surface area contributed by atoms with Crippen LogP contribution in [0.2, 0.25) is 0 Å². The number of fused-ring (bicyclic) bond motifs is 1. The molecule has 1 aromatic carbocycles. The number of allylic oxidation sites excluding steroid dienone is 2. The van der Waals surface area contributed by atoms with Crippen LogP contribution < -0.4 is 5.73 Å². The summed E-state index contributed by atoms with van der Waals surface area (Å²) < 4.78 is 33.3. The Morgan fingerprint density at radius 3 is 2.60 bits per heavy atom. The van der Waals surface area contributed by atoms with E-state index in [2.05, 4.69) is 0 Å². The summed E-state index contributed by atoms with van der Waals surface area (Å²) in [5.74, 6) is -3.74. The van der Waals surface area contributed by atoms with Crippen molar-refractivity contribution in [1.29, 1.82) is 15.8 Å². The first-order valence-electron chi connectivity index (χ1n) is 9.14. The second-order valence-corrected chi connectivity index (χ2v) is 6.95. The Morgan fingerprint density at radius 2 is 2.03 bits per heavy atom. The van der Waals surface area contributed by atoms with Crippen molar-refractivity contribution in [3.05, 3.63) is 58.3 Å². The highest BCUT2D eigenvalue weighted by Gasteiger charge is 2.55. The van der Waals surface area contributed by atoms with Crippen LogP contribution in [0.1, 0.15) is 18.4 Å². The van der Waals surface area contributed by atoms with Crippen LogP contribution >= 0.6 is 0 Å². The number of nitrogens with zero attached hydrogens (tertiary/aromatic N) is 4. The summed E-state index contributed by atoms with van der Waals surface area (Å²) in [5.41, 5.74) is 4.04. The van der Waals surface area contributed by atoms with E-state index in [9.17, 15) is 29.4 Å². The topological polar surface area (TPSA) is 127 Å². The summed E-state index contributed by atoms with van der Waals surface area (Å²) >= 11 is 0. The zero-order chi connectivity index (χ0) is 22.1. The maximum Gasteiger partial charge on any atom is 0.410 e. The molecule has 0 bridgehead atoms. The van der Waals surface area contributed by atoms with Gasteiger partial charge in [-0.3, -0.25) is 0 Å². The van der Waals surface area contributed by atoms with Crippen LogP contribution in [0, 0.1) is 57.0 Å². The number of carbonyl (C=O) groups excluding carboxylic acids is 1. The number of rotatable bonds is 2. The molecule has 2 N–H and O–H groups in total. The fourth-order valence-corrected chi connectivity index (χ4v) is 4.14. The van der Waals surface area contributed by atoms with Gasteiger partial charge in [0.2, 0.25) is 0 Å². The van der Waals surface area contributed by atoms with Gasteiger partial charge in [0.25, 0.3) is 0 Å². The summed E-state index contributed by atoms with van der Waals surface area (Å²) in [7, 11) is 0. The number of benzene rings is 1. The lowest BCUT2D eigenvalue weighted by Crippen LogP contribution is -2.49. The number of hydrogen-bond acceptors (Lipinski definition) is 6. The van der Waals surface area contributed by atoms with Crippen molar-refractivity contribution in [2.24, 2.45) is 17.1 Å². The van der Waals surface area contributed by atoms with Crippen molar-refractivity contribution < 1.29 is 18.3 Å². The molecule has 1 aliphatic carbocycles. The molecule has 1 heterocycles. The SMILES string of the molecule is CCOC(=O)N1CC=C2C(C#N)=C(N)C(C#N)(C#N)[C@@H](c3ccc(F)cc3F)[C@@H]2C1. The Balaban J connectivity index is 2.27. The minimum atomic E-state index is -2.08. The number of nitrogens with two attached hydrogens (primary N) is 1. The van der Waals surface area contributed by atoms with Gasteiger partial charge in [-0.05, 0) is 24.1 Å². The molecule has 1 amide bonds. The normalized spacial score (nSPS) is 22.1. The summed E-state index contributed by atoms with van der Waals surface area (Å²) in [6.45, 7) is 1.88. The van der Waals surface area contributed by atoms with Crippen LogP contribution in [0.5, 0.6) is 0 Å². The second kappa shape index (κ2) is 7.85. The van der Waals surface area contributed by atoms with Crippen LogP contribution in [-0.2, 0) is 4.74 Å². The molecule has 0 unspecified atom stereocenters. The Bertz CT molecular complexity index is 1080. The first kappa shape index (κ1) is 20.8. The van der Waals surface area contributed by atoms with Gasteiger partial charge in [0.15, 0.2) is 5.41 Å². The lowest BCUT2D eigenvalue weighted by Gasteiger charge is -2.45. The molecule has 2 aliphatic rings. The maximum absolute atomic E-state index is 14.8. The van der Waals surface area contributed by atoms with E-state index in [0.717, 1.165) is 12.1 Å². The van der Waals surface area contributed by atoms with E-state index in [4.69, 9.17) is 10.5 Å². The molecule has 9 heteroatoms. The second-order valence-electron chi connectivity index (χ2n) is 6.95. The average molecular weight is 409 g/mol. The van der Waals surface area contributed by atoms with Gasteiger partial charge in [-0.15, -0.1) is 0 Å². The quantitative estimate of drug-likeness (QED) is 0.800. The van der Waals surface area contributed by atoms with Gasteiger partial charge >= 0.3 is 6.09 Å². The predicted molar refractivity (Wildman–Crippen MR) is 99.8 cm³/mol. The number of hydrogen-bond donors (Lipinski definition) is 1. The third kappa shape index (κ3) is 3.03. The van der Waals surface area contributed by atoms with E-state index in [1.54, 1.807) is 13.0 Å². The zero-order valence-electron chi connectivity index (χ0n) is 16.0. The van der Waals surface area contributed by atoms with Crippen molar-refractivity contribution >= 4 is 6.09 Å². The summed E-state index contributed by atoms with van der Waals surface area (Å²) in [4.78, 5) is 13.6. The lowest BCUT2D eigenvalue weighted by atomic mass is 9.58. The van der Waals surface area contributed by atoms with E-state index in [1.165, 1.54) is 4.90 Å². The van der Waals surface area contributed by atoms with E-state index >= 15 is 0 Å². The van der Waals surface area contributed by atoms with E-state index in [1.807, 2.05) is 18.2 Å². The van der Waals surface area contributed by atoms with Crippen LogP contribution in [0.3, 0.4) is 0 Å². The van der Waals surface area contributed by atoms with Crippen molar-refractivity contribution in [2.75, 3.05) is 19.7 Å². The van der Waals surface area contributed by atoms with Crippen LogP contribution in [0.25, 0.3) is 0 Å². The lowest BCUT2D eigenvalue weighted by molar-refractivity contribution is 0.0997. The standard InChI is InChI=1S/C21H17F2N5O2/c1-2-30-20(29)28-6-5-13-15(8-24)19(27)21(10-25,11-26)18(16(13)9-28)14-4-3-12(22)7-17(14)23/h3-5,7,16,18H,2,6,9,27H2,1H3/t16-,18+/m1/s1. The largest absolute Gasteiger partial charge is 0.450 e. The fourth-order valence-electron chi connectivity index (χ4n) is 4.14. The Labute approximate surface area is 171 Å². The highest BCUT2D eigenvalue weighted by molar-refractivity contribution is 5.69. The first-order chi connectivity index (χ1) is 14.3. The smallest absolute Gasteiger partial charge is 0.410 e. The monoisotopic (exact) mass is 409 g/mol. The molecule has 152 valence electrons. The third-order valence-corrected chi connectivity index (χ3v) is 5.49. The van der Waals surface area contributed by atoms with Gasteiger partial charge in [0.1, 0.15) is 17.7 Å². The van der Waals surface area contributed by atoms with Gasteiger partial charge in [-0.1, -0.05) is 12.1 Å². The number of amides is 1. The number of nitriles is 3. The molecular formula is C21H17F2N5O2. The highest BCUT2D eigenvalue weighted by Crippen LogP contribution is 2.54. The fraction of sp³-hybridized carbons (Fsp3) is 0.333. The average Bonchev–Trinajstić information content (AvgIpc) is 2.73. The molecule has 1 aliphatic heterocycles. The molecular weight excluding hydrogens is 392 g/mol. The molecule has 0 aromatic heterocycles. The van der Waals surface area contributed by atoms with Gasteiger partial charge in [-0.2, -0.15) is 15.8 Å². The van der Waals surface area contributed by atoms with Crippen molar-refractivity contribution in [1.82, 2.24) is 4.90 Å². The van der Waals surface area contributed by atoms with Gasteiger partial charge in [0, 0.05) is 31.0 Å². The minimum Gasteiger partial charge on any atom is -0.450 e. The molecule has 0 spiro atoms. The Morgan fingerprint density at radius 1 is 1.33 bits per heavy atom. The van der Waals surface area contributed by atoms with E-state index in [0.29, 0.717) is 11.6 Å². The van der Waals surface area contributed by atoms with Crippen molar-refractivity contribution in [2.45, 2.75) is 12.8 Å². The van der Waals surface area contributed by atoms with Gasteiger partial charge < -0.3 is 15.4 Å². The number of ether oxygens (including phenoxy) is 1. The zero-order valence-corrected chi connectivity index (χ0v) is 16.0. The van der Waals surface area contributed by atoms with E-state index < -0.39 is 35.0 Å². The number of halogens is 2. The molecule has 0 saturated carbocycles. The van der Waals surface area contributed by atoms with E-state index in [-0.39, 0.29) is 36.5 Å². The molecule has 0 radical (unpaired) electrons. The highest BCUT2D eigenvalue weighted by atomic mass is 19.1. The molecule has 3 rings (SSSR count). The molecule has 7 nitrogen and oxygen atoms in total. The molecule has 2 atom stereocenters. The van der Waals surface area contributed by atoms with Crippen LogP contribution in [-0.4, -0.2) is 30.7 Å². The van der Waals surface area contributed by atoms with Gasteiger partial charge in [0.05, 0.1) is 30.0 Å². The molecule has 30 heavy (non-hydrogen) atoms. The molecule has 1 aromatic rings. The summed E-state index contributed by atoms with van der Waals surface area (Å²) in [5, 5.41) is 29.5. The van der Waals surface area contributed by atoms with Crippen molar-refractivity contribution in [3.63, 3.8) is 0 Å². The van der Waals surface area contributed by atoms with Gasteiger partial charge in [-0.25, -0.2) is 13.6 Å². The molecule has 0 saturated heterocycles. The summed E-state index contributed by atoms with van der Waals surface area (Å²) in [6, 6.07) is 8.48. The Kier molecular flexibility index (Phi) is 5.45. The van der Waals surface area contributed by atoms with Crippen molar-refractivity contribution in [3.8, 4) is 18.2 Å². The number of carbonyl (C=O) groups is 1. The van der Waals surface area contributed by atoms with Crippen LogP contribution in [0.4, 0.5) is 13.6 Å². The van der Waals surface area contributed by atoms with Crippen LogP contribution in [0.15, 0.2) is 41.1 Å². The maximum atomic E-state index is 14.8. The molecule has 0 fully saturated rings.